The summed E-state index contributed by atoms with van der Waals surface area (Å²) in [6.07, 6.45) is 6.31. The van der Waals surface area contributed by atoms with Crippen molar-refractivity contribution in [1.29, 1.82) is 0 Å². The maximum Gasteiger partial charge on any atom is 0.103 e. The van der Waals surface area contributed by atoms with E-state index < -0.39 is 0 Å². The molecule has 1 aromatic carbocycles. The molecule has 0 unspecified atom stereocenters. The molecule has 0 spiro atoms. The van der Waals surface area contributed by atoms with Crippen molar-refractivity contribution in [2.45, 2.75) is 32.1 Å². The predicted octanol–water partition coefficient (Wildman–Crippen LogP) is 4.02. The zero-order valence-electron chi connectivity index (χ0n) is 9.32. The second-order valence-electron chi connectivity index (χ2n) is 4.32. The van der Waals surface area contributed by atoms with Gasteiger partial charge < -0.3 is 5.73 Å². The molecule has 0 aliphatic heterocycles. The molecule has 1 fully saturated rings. The summed E-state index contributed by atoms with van der Waals surface area (Å²) in [5.41, 5.74) is 7.01. The van der Waals surface area contributed by atoms with Gasteiger partial charge in [0.15, 0.2) is 0 Å². The van der Waals surface area contributed by atoms with Crippen molar-refractivity contribution in [3.05, 3.63) is 28.7 Å². The van der Waals surface area contributed by atoms with Crippen molar-refractivity contribution in [3.63, 3.8) is 0 Å². The van der Waals surface area contributed by atoms with Crippen LogP contribution in [0.2, 0.25) is 0 Å². The molecule has 0 radical (unpaired) electrons. The molecule has 1 aromatic rings. The Labute approximate surface area is 105 Å². The molecule has 0 atom stereocenters. The first-order valence-electron chi connectivity index (χ1n) is 5.86. The number of nitrogens with two attached hydrogens (primary N) is 1. The molecule has 0 aromatic heterocycles. The first-order chi connectivity index (χ1) is 7.77. The summed E-state index contributed by atoms with van der Waals surface area (Å²) in [6, 6.07) is 7.95. The van der Waals surface area contributed by atoms with Crippen LogP contribution in [0.4, 0.5) is 5.69 Å². The number of para-hydroxylation sites is 1. The van der Waals surface area contributed by atoms with Crippen molar-refractivity contribution in [2.24, 2.45) is 16.6 Å². The largest absolute Gasteiger partial charge is 0.387 e. The number of hydrogen-bond acceptors (Lipinski definition) is 1. The smallest absolute Gasteiger partial charge is 0.103 e. The van der Waals surface area contributed by atoms with E-state index in [9.17, 15) is 0 Å². The van der Waals surface area contributed by atoms with E-state index in [0.29, 0.717) is 5.92 Å². The third kappa shape index (κ3) is 2.85. The zero-order valence-corrected chi connectivity index (χ0v) is 10.9. The molecular weight excluding hydrogens is 264 g/mol. The second-order valence-corrected chi connectivity index (χ2v) is 5.18. The van der Waals surface area contributed by atoms with Gasteiger partial charge in [0, 0.05) is 10.4 Å². The topological polar surface area (TPSA) is 38.4 Å². The van der Waals surface area contributed by atoms with Crippen LogP contribution < -0.4 is 5.73 Å². The molecule has 86 valence electrons. The Morgan fingerprint density at radius 2 is 1.88 bits per heavy atom. The highest BCUT2D eigenvalue weighted by molar-refractivity contribution is 9.10. The number of benzene rings is 1. The highest BCUT2D eigenvalue weighted by atomic mass is 79.9. The fourth-order valence-electron chi connectivity index (χ4n) is 2.17. The fourth-order valence-corrected chi connectivity index (χ4v) is 2.54. The molecule has 1 aliphatic carbocycles. The average Bonchev–Trinajstić information content (AvgIpc) is 2.33. The van der Waals surface area contributed by atoms with Gasteiger partial charge in [0.1, 0.15) is 5.84 Å². The number of nitrogens with zero attached hydrogens (tertiary/aromatic N) is 1. The molecule has 3 heteroatoms. The van der Waals surface area contributed by atoms with Gasteiger partial charge in [-0.05, 0) is 40.9 Å². The van der Waals surface area contributed by atoms with Crippen LogP contribution in [0.1, 0.15) is 32.1 Å². The Balaban J connectivity index is 2.13. The second kappa shape index (κ2) is 5.48. The Kier molecular flexibility index (Phi) is 3.99. The Morgan fingerprint density at radius 3 is 2.56 bits per heavy atom. The van der Waals surface area contributed by atoms with E-state index in [1.807, 2.05) is 24.3 Å². The summed E-state index contributed by atoms with van der Waals surface area (Å²) in [4.78, 5) is 4.53. The highest BCUT2D eigenvalue weighted by Crippen LogP contribution is 2.28. The Bertz CT molecular complexity index is 381. The quantitative estimate of drug-likeness (QED) is 0.645. The highest BCUT2D eigenvalue weighted by Gasteiger charge is 2.17. The van der Waals surface area contributed by atoms with Crippen LogP contribution in [0, 0.1) is 5.92 Å². The van der Waals surface area contributed by atoms with E-state index in [4.69, 9.17) is 5.73 Å². The Morgan fingerprint density at radius 1 is 1.19 bits per heavy atom. The fraction of sp³-hybridized carbons (Fsp3) is 0.462. The van der Waals surface area contributed by atoms with Crippen LogP contribution in [0.5, 0.6) is 0 Å². The van der Waals surface area contributed by atoms with E-state index in [1.54, 1.807) is 0 Å². The number of halogens is 1. The minimum absolute atomic E-state index is 0.487. The lowest BCUT2D eigenvalue weighted by atomic mass is 9.88. The zero-order chi connectivity index (χ0) is 11.4. The number of hydrogen-bond donors (Lipinski definition) is 1. The molecule has 1 aliphatic rings. The van der Waals surface area contributed by atoms with Crippen LogP contribution in [-0.2, 0) is 0 Å². The summed E-state index contributed by atoms with van der Waals surface area (Å²) >= 11 is 3.49. The monoisotopic (exact) mass is 280 g/mol. The first kappa shape index (κ1) is 11.6. The van der Waals surface area contributed by atoms with Crippen molar-refractivity contribution in [2.75, 3.05) is 0 Å². The standard InChI is InChI=1S/C13H17BrN2/c14-11-8-4-5-9-12(11)16-13(15)10-6-2-1-3-7-10/h4-5,8-10H,1-3,6-7H2,(H2,15,16). The summed E-state index contributed by atoms with van der Waals surface area (Å²) in [6.45, 7) is 0. The number of aliphatic imine (C=N–C) groups is 1. The molecule has 0 amide bonds. The van der Waals surface area contributed by atoms with Gasteiger partial charge in [-0.25, -0.2) is 4.99 Å². The Hall–Kier alpha value is -0.830. The van der Waals surface area contributed by atoms with Gasteiger partial charge in [0.2, 0.25) is 0 Å². The van der Waals surface area contributed by atoms with Gasteiger partial charge in [0.05, 0.1) is 5.69 Å². The summed E-state index contributed by atoms with van der Waals surface area (Å²) in [5.74, 6) is 1.28. The van der Waals surface area contributed by atoms with Gasteiger partial charge in [0.25, 0.3) is 0 Å². The molecule has 2 rings (SSSR count). The van der Waals surface area contributed by atoms with E-state index in [-0.39, 0.29) is 0 Å². The van der Waals surface area contributed by atoms with Gasteiger partial charge in [-0.2, -0.15) is 0 Å². The summed E-state index contributed by atoms with van der Waals surface area (Å²) < 4.78 is 1.01. The lowest BCUT2D eigenvalue weighted by Gasteiger charge is -2.20. The minimum Gasteiger partial charge on any atom is -0.387 e. The lowest BCUT2D eigenvalue weighted by Crippen LogP contribution is -2.25. The van der Waals surface area contributed by atoms with Gasteiger partial charge in [-0.3, -0.25) is 0 Å². The molecule has 1 saturated carbocycles. The van der Waals surface area contributed by atoms with Crippen LogP contribution in [0.3, 0.4) is 0 Å². The molecule has 2 N–H and O–H groups in total. The number of rotatable bonds is 2. The predicted molar refractivity (Wildman–Crippen MR) is 72.0 cm³/mol. The van der Waals surface area contributed by atoms with Crippen molar-refractivity contribution in [1.82, 2.24) is 0 Å². The maximum absolute atomic E-state index is 6.08. The average molecular weight is 281 g/mol. The van der Waals surface area contributed by atoms with E-state index in [0.717, 1.165) is 16.0 Å². The normalized spacial score (nSPS) is 18.7. The molecule has 0 bridgehead atoms. The molecular formula is C13H17BrN2. The van der Waals surface area contributed by atoms with Gasteiger partial charge >= 0.3 is 0 Å². The molecule has 0 saturated heterocycles. The molecule has 2 nitrogen and oxygen atoms in total. The number of amidine groups is 1. The summed E-state index contributed by atoms with van der Waals surface area (Å²) in [5, 5.41) is 0. The first-order valence-corrected chi connectivity index (χ1v) is 6.65. The van der Waals surface area contributed by atoms with Crippen molar-refractivity contribution >= 4 is 27.5 Å². The van der Waals surface area contributed by atoms with Crippen LogP contribution in [0.25, 0.3) is 0 Å². The van der Waals surface area contributed by atoms with E-state index >= 15 is 0 Å². The molecule has 0 heterocycles. The lowest BCUT2D eigenvalue weighted by molar-refractivity contribution is 0.437. The van der Waals surface area contributed by atoms with Gasteiger partial charge in [-0.1, -0.05) is 31.4 Å². The third-order valence-electron chi connectivity index (χ3n) is 3.13. The molecule has 16 heavy (non-hydrogen) atoms. The van der Waals surface area contributed by atoms with E-state index in [2.05, 4.69) is 20.9 Å². The van der Waals surface area contributed by atoms with Crippen molar-refractivity contribution in [3.8, 4) is 0 Å². The maximum atomic E-state index is 6.08. The summed E-state index contributed by atoms with van der Waals surface area (Å²) in [7, 11) is 0. The third-order valence-corrected chi connectivity index (χ3v) is 3.80. The van der Waals surface area contributed by atoms with Crippen molar-refractivity contribution < 1.29 is 0 Å². The minimum atomic E-state index is 0.487. The SMILES string of the molecule is NC(=Nc1ccccc1Br)C1CCCCC1. The van der Waals surface area contributed by atoms with Crippen LogP contribution >= 0.6 is 15.9 Å². The van der Waals surface area contributed by atoms with Gasteiger partial charge in [-0.15, -0.1) is 0 Å². The van der Waals surface area contributed by atoms with E-state index in [1.165, 1.54) is 32.1 Å². The van der Waals surface area contributed by atoms with Crippen LogP contribution in [0.15, 0.2) is 33.7 Å². The van der Waals surface area contributed by atoms with Crippen LogP contribution in [-0.4, -0.2) is 5.84 Å².